The minimum atomic E-state index is -3.73. The van der Waals surface area contributed by atoms with Gasteiger partial charge in [-0.15, -0.1) is 0 Å². The monoisotopic (exact) mass is 335 g/mol. The predicted octanol–water partition coefficient (Wildman–Crippen LogP) is 2.25. The lowest BCUT2D eigenvalue weighted by Gasteiger charge is -2.34. The van der Waals surface area contributed by atoms with Crippen LogP contribution < -0.4 is 10.0 Å². The molecular weight excluding hydrogens is 317 g/mol. The van der Waals surface area contributed by atoms with Gasteiger partial charge < -0.3 is 4.90 Å². The summed E-state index contributed by atoms with van der Waals surface area (Å²) in [5.74, 6) is 0.716. The van der Waals surface area contributed by atoms with Gasteiger partial charge in [0.2, 0.25) is 10.0 Å². The molecule has 122 valence electrons. The van der Waals surface area contributed by atoms with Gasteiger partial charge in [-0.25, -0.2) is 22.9 Å². The van der Waals surface area contributed by atoms with E-state index in [4.69, 9.17) is 5.14 Å². The molecule has 1 fully saturated rings. The first-order valence-electron chi connectivity index (χ1n) is 7.43. The molecule has 1 unspecified atom stereocenters. The third kappa shape index (κ3) is 3.68. The van der Waals surface area contributed by atoms with E-state index in [9.17, 15) is 12.8 Å². The van der Waals surface area contributed by atoms with E-state index < -0.39 is 10.0 Å². The van der Waals surface area contributed by atoms with Gasteiger partial charge >= 0.3 is 0 Å². The number of nitrogens with two attached hydrogens (primary N) is 1. The molecule has 3 rings (SSSR count). The van der Waals surface area contributed by atoms with E-state index in [1.807, 2.05) is 6.07 Å². The van der Waals surface area contributed by atoms with Crippen molar-refractivity contribution in [1.29, 1.82) is 0 Å². The Morgan fingerprint density at radius 3 is 2.74 bits per heavy atom. The third-order valence-corrected chi connectivity index (χ3v) is 5.01. The Labute approximate surface area is 135 Å². The van der Waals surface area contributed by atoms with Crippen LogP contribution in [0.1, 0.15) is 24.3 Å². The van der Waals surface area contributed by atoms with Crippen molar-refractivity contribution in [2.75, 3.05) is 18.0 Å². The fourth-order valence-electron chi connectivity index (χ4n) is 2.95. The average Bonchev–Trinajstić information content (AvgIpc) is 2.54. The lowest BCUT2D eigenvalue weighted by molar-refractivity contribution is 0.504. The van der Waals surface area contributed by atoms with E-state index in [1.165, 1.54) is 18.3 Å². The van der Waals surface area contributed by atoms with Gasteiger partial charge in [0.05, 0.1) is 0 Å². The molecule has 23 heavy (non-hydrogen) atoms. The molecule has 1 aromatic carbocycles. The van der Waals surface area contributed by atoms with E-state index in [-0.39, 0.29) is 16.6 Å². The van der Waals surface area contributed by atoms with Crippen LogP contribution in [-0.2, 0) is 10.0 Å². The molecule has 0 amide bonds. The highest BCUT2D eigenvalue weighted by atomic mass is 32.2. The minimum absolute atomic E-state index is 0.0000557. The van der Waals surface area contributed by atoms with E-state index in [2.05, 4.69) is 9.88 Å². The summed E-state index contributed by atoms with van der Waals surface area (Å²) in [6.07, 6.45) is 3.24. The lowest BCUT2D eigenvalue weighted by Crippen LogP contribution is -2.35. The molecule has 1 aliphatic heterocycles. The molecule has 7 heteroatoms. The van der Waals surface area contributed by atoms with Crippen molar-refractivity contribution in [3.8, 4) is 0 Å². The standard InChI is InChI=1S/C16H18FN3O2S/c17-14-5-1-3-12(9-14)13-4-2-8-20(11-13)16-7-6-15(10-19-16)23(18,21)22/h1,3,5-7,9-10,13H,2,4,8,11H2,(H2,18,21,22). The van der Waals surface area contributed by atoms with Gasteiger partial charge in [-0.2, -0.15) is 0 Å². The molecule has 1 atom stereocenters. The quantitative estimate of drug-likeness (QED) is 0.933. The zero-order valence-corrected chi connectivity index (χ0v) is 13.3. The highest BCUT2D eigenvalue weighted by molar-refractivity contribution is 7.89. The van der Waals surface area contributed by atoms with Crippen LogP contribution in [0.2, 0.25) is 0 Å². The van der Waals surface area contributed by atoms with Crippen molar-refractivity contribution < 1.29 is 12.8 Å². The summed E-state index contributed by atoms with van der Waals surface area (Å²) in [5, 5.41) is 5.08. The molecule has 1 aliphatic rings. The summed E-state index contributed by atoms with van der Waals surface area (Å²) in [7, 11) is -3.73. The number of piperidine rings is 1. The maximum Gasteiger partial charge on any atom is 0.239 e. The van der Waals surface area contributed by atoms with Gasteiger partial charge in [-0.1, -0.05) is 12.1 Å². The Balaban J connectivity index is 1.78. The SMILES string of the molecule is NS(=O)(=O)c1ccc(N2CCCC(c3cccc(F)c3)C2)nc1. The summed E-state index contributed by atoms with van der Waals surface area (Å²) >= 11 is 0. The molecule has 0 saturated carbocycles. The number of benzene rings is 1. The molecular formula is C16H18FN3O2S. The van der Waals surface area contributed by atoms with Crippen molar-refractivity contribution in [3.05, 3.63) is 54.0 Å². The Morgan fingerprint density at radius 2 is 2.09 bits per heavy atom. The van der Waals surface area contributed by atoms with Gasteiger partial charge in [0.25, 0.3) is 0 Å². The Hall–Kier alpha value is -1.99. The zero-order valence-electron chi connectivity index (χ0n) is 12.5. The van der Waals surface area contributed by atoms with Crippen LogP contribution in [-0.4, -0.2) is 26.5 Å². The summed E-state index contributed by atoms with van der Waals surface area (Å²) in [6.45, 7) is 1.57. The first kappa shape index (κ1) is 15.9. The summed E-state index contributed by atoms with van der Waals surface area (Å²) in [6, 6.07) is 9.80. The van der Waals surface area contributed by atoms with Gasteiger partial charge in [0, 0.05) is 25.2 Å². The number of nitrogens with zero attached hydrogens (tertiary/aromatic N) is 2. The smallest absolute Gasteiger partial charge is 0.239 e. The van der Waals surface area contributed by atoms with Gasteiger partial charge in [-0.05, 0) is 42.7 Å². The highest BCUT2D eigenvalue weighted by Crippen LogP contribution is 2.29. The molecule has 0 bridgehead atoms. The average molecular weight is 335 g/mol. The summed E-state index contributed by atoms with van der Waals surface area (Å²) in [5.41, 5.74) is 0.982. The van der Waals surface area contributed by atoms with Gasteiger partial charge in [0.1, 0.15) is 16.5 Å². The number of rotatable bonds is 3. The summed E-state index contributed by atoms with van der Waals surface area (Å²) < 4.78 is 36.0. The Bertz CT molecular complexity index is 793. The van der Waals surface area contributed by atoms with Crippen LogP contribution >= 0.6 is 0 Å². The van der Waals surface area contributed by atoms with E-state index in [0.717, 1.165) is 31.5 Å². The number of halogens is 1. The largest absolute Gasteiger partial charge is 0.356 e. The van der Waals surface area contributed by atoms with Crippen molar-refractivity contribution in [1.82, 2.24) is 4.98 Å². The molecule has 0 radical (unpaired) electrons. The first-order chi connectivity index (χ1) is 10.9. The Morgan fingerprint density at radius 1 is 1.26 bits per heavy atom. The van der Waals surface area contributed by atoms with E-state index >= 15 is 0 Å². The second-order valence-corrected chi connectivity index (χ2v) is 7.30. The number of hydrogen-bond donors (Lipinski definition) is 1. The normalized spacial score (nSPS) is 18.9. The topological polar surface area (TPSA) is 76.3 Å². The maximum atomic E-state index is 13.4. The molecule has 5 nitrogen and oxygen atoms in total. The third-order valence-electron chi connectivity index (χ3n) is 4.11. The molecule has 1 saturated heterocycles. The van der Waals surface area contributed by atoms with E-state index in [1.54, 1.807) is 18.2 Å². The highest BCUT2D eigenvalue weighted by Gasteiger charge is 2.23. The first-order valence-corrected chi connectivity index (χ1v) is 8.97. The van der Waals surface area contributed by atoms with Crippen molar-refractivity contribution >= 4 is 15.8 Å². The molecule has 2 heterocycles. The second kappa shape index (κ2) is 6.25. The zero-order chi connectivity index (χ0) is 16.4. The van der Waals surface area contributed by atoms with Crippen LogP contribution in [0.4, 0.5) is 10.2 Å². The van der Waals surface area contributed by atoms with E-state index in [0.29, 0.717) is 5.82 Å². The predicted molar refractivity (Wildman–Crippen MR) is 86.2 cm³/mol. The van der Waals surface area contributed by atoms with Crippen LogP contribution in [0, 0.1) is 5.82 Å². The fourth-order valence-corrected chi connectivity index (χ4v) is 3.40. The molecule has 0 spiro atoms. The number of pyridine rings is 1. The minimum Gasteiger partial charge on any atom is -0.356 e. The van der Waals surface area contributed by atoms with Crippen molar-refractivity contribution in [2.24, 2.45) is 5.14 Å². The number of aromatic nitrogens is 1. The van der Waals surface area contributed by atoms with Gasteiger partial charge in [0.15, 0.2) is 0 Å². The van der Waals surface area contributed by atoms with Gasteiger partial charge in [-0.3, -0.25) is 0 Å². The molecule has 2 N–H and O–H groups in total. The number of sulfonamides is 1. The number of hydrogen-bond acceptors (Lipinski definition) is 4. The number of anilines is 1. The number of primary sulfonamides is 1. The van der Waals surface area contributed by atoms with Crippen LogP contribution in [0.25, 0.3) is 0 Å². The summed E-state index contributed by atoms with van der Waals surface area (Å²) in [4.78, 5) is 6.30. The molecule has 1 aromatic heterocycles. The molecule has 0 aliphatic carbocycles. The fraction of sp³-hybridized carbons (Fsp3) is 0.312. The lowest BCUT2D eigenvalue weighted by atomic mass is 9.90. The van der Waals surface area contributed by atoms with Crippen LogP contribution in [0.3, 0.4) is 0 Å². The van der Waals surface area contributed by atoms with Crippen LogP contribution in [0.15, 0.2) is 47.5 Å². The maximum absolute atomic E-state index is 13.4. The Kier molecular flexibility index (Phi) is 4.32. The van der Waals surface area contributed by atoms with Crippen molar-refractivity contribution in [3.63, 3.8) is 0 Å². The molecule has 2 aromatic rings. The second-order valence-electron chi connectivity index (χ2n) is 5.74. The van der Waals surface area contributed by atoms with Crippen LogP contribution in [0.5, 0.6) is 0 Å². The van der Waals surface area contributed by atoms with Crippen molar-refractivity contribution in [2.45, 2.75) is 23.7 Å².